The lowest BCUT2D eigenvalue weighted by molar-refractivity contribution is 0.0950. The summed E-state index contributed by atoms with van der Waals surface area (Å²) in [6.07, 6.45) is 0. The summed E-state index contributed by atoms with van der Waals surface area (Å²) in [6.45, 7) is 5.15. The minimum Gasteiger partial charge on any atom is -0.496 e. The maximum Gasteiger partial charge on any atom is 0.251 e. The molecule has 3 rings (SSSR count). The normalized spacial score (nSPS) is 10.6. The molecule has 1 aromatic heterocycles. The SMILES string of the molecule is COc1ccccc1CNC(=O)c1ccc(Cn2nc(C)cc2C)cc1. The van der Waals surface area contributed by atoms with Gasteiger partial charge in [-0.1, -0.05) is 30.3 Å². The van der Waals surface area contributed by atoms with E-state index in [1.807, 2.05) is 67.1 Å². The molecule has 2 aromatic carbocycles. The molecule has 0 bridgehead atoms. The Labute approximate surface area is 153 Å². The Morgan fingerprint density at radius 2 is 1.85 bits per heavy atom. The molecule has 1 N–H and O–H groups in total. The standard InChI is InChI=1S/C21H23N3O2/c1-15-12-16(2)24(23-15)14-17-8-10-18(11-9-17)21(25)22-13-19-6-4-5-7-20(19)26-3/h4-12H,13-14H2,1-3H3,(H,22,25). The lowest BCUT2D eigenvalue weighted by Gasteiger charge is -2.10. The van der Waals surface area contributed by atoms with Gasteiger partial charge in [-0.3, -0.25) is 9.48 Å². The molecule has 0 saturated heterocycles. The van der Waals surface area contributed by atoms with Crippen LogP contribution in [0.25, 0.3) is 0 Å². The molecule has 3 aromatic rings. The molecule has 0 aliphatic rings. The van der Waals surface area contributed by atoms with E-state index in [0.29, 0.717) is 18.7 Å². The molecule has 0 aliphatic heterocycles. The van der Waals surface area contributed by atoms with E-state index in [4.69, 9.17) is 4.74 Å². The lowest BCUT2D eigenvalue weighted by Crippen LogP contribution is -2.23. The average Bonchev–Trinajstić information content (AvgIpc) is 2.97. The van der Waals surface area contributed by atoms with Gasteiger partial charge in [0.2, 0.25) is 0 Å². The molecule has 26 heavy (non-hydrogen) atoms. The first kappa shape index (κ1) is 17.7. The van der Waals surface area contributed by atoms with Gasteiger partial charge in [-0.15, -0.1) is 0 Å². The van der Waals surface area contributed by atoms with Crippen molar-refractivity contribution in [2.45, 2.75) is 26.9 Å². The molecule has 5 heteroatoms. The van der Waals surface area contributed by atoms with Gasteiger partial charge in [-0.25, -0.2) is 0 Å². The molecule has 0 fully saturated rings. The third kappa shape index (κ3) is 4.11. The number of methoxy groups -OCH3 is 1. The van der Waals surface area contributed by atoms with E-state index < -0.39 is 0 Å². The summed E-state index contributed by atoms with van der Waals surface area (Å²) >= 11 is 0. The number of aryl methyl sites for hydroxylation is 2. The number of hydrogen-bond acceptors (Lipinski definition) is 3. The number of rotatable bonds is 6. The van der Waals surface area contributed by atoms with Crippen LogP contribution in [-0.4, -0.2) is 22.8 Å². The highest BCUT2D eigenvalue weighted by Crippen LogP contribution is 2.17. The number of hydrogen-bond donors (Lipinski definition) is 1. The highest BCUT2D eigenvalue weighted by Gasteiger charge is 2.08. The Balaban J connectivity index is 1.62. The first-order chi connectivity index (χ1) is 12.6. The van der Waals surface area contributed by atoms with Crippen molar-refractivity contribution in [3.63, 3.8) is 0 Å². The van der Waals surface area contributed by atoms with Gasteiger partial charge in [-0.05, 0) is 43.7 Å². The molecule has 0 radical (unpaired) electrons. The van der Waals surface area contributed by atoms with E-state index in [-0.39, 0.29) is 5.91 Å². The molecule has 1 amide bonds. The number of carbonyl (C=O) groups is 1. The van der Waals surface area contributed by atoms with E-state index in [2.05, 4.69) is 16.5 Å². The first-order valence-corrected chi connectivity index (χ1v) is 8.57. The van der Waals surface area contributed by atoms with E-state index >= 15 is 0 Å². The zero-order valence-electron chi connectivity index (χ0n) is 15.3. The summed E-state index contributed by atoms with van der Waals surface area (Å²) in [5.74, 6) is 0.668. The van der Waals surface area contributed by atoms with Gasteiger partial charge in [0.25, 0.3) is 5.91 Å². The van der Waals surface area contributed by atoms with Gasteiger partial charge in [0, 0.05) is 23.4 Å². The fourth-order valence-corrected chi connectivity index (χ4v) is 2.90. The average molecular weight is 349 g/mol. The third-order valence-electron chi connectivity index (χ3n) is 4.28. The Kier molecular flexibility index (Phi) is 5.37. The van der Waals surface area contributed by atoms with Gasteiger partial charge in [0.1, 0.15) is 5.75 Å². The molecule has 1 heterocycles. The second kappa shape index (κ2) is 7.87. The number of amides is 1. The highest BCUT2D eigenvalue weighted by molar-refractivity contribution is 5.94. The Bertz CT molecular complexity index is 898. The topological polar surface area (TPSA) is 56.1 Å². The number of nitrogens with one attached hydrogen (secondary N) is 1. The van der Waals surface area contributed by atoms with Crippen LogP contribution < -0.4 is 10.1 Å². The van der Waals surface area contributed by atoms with E-state index in [0.717, 1.165) is 28.3 Å². The monoisotopic (exact) mass is 349 g/mol. The maximum atomic E-state index is 12.4. The Morgan fingerprint density at radius 3 is 2.50 bits per heavy atom. The fourth-order valence-electron chi connectivity index (χ4n) is 2.90. The second-order valence-electron chi connectivity index (χ2n) is 6.28. The van der Waals surface area contributed by atoms with Crippen LogP contribution >= 0.6 is 0 Å². The van der Waals surface area contributed by atoms with Crippen molar-refractivity contribution in [3.05, 3.63) is 82.7 Å². The number of carbonyl (C=O) groups excluding carboxylic acids is 1. The van der Waals surface area contributed by atoms with Crippen LogP contribution in [-0.2, 0) is 13.1 Å². The summed E-state index contributed by atoms with van der Waals surface area (Å²) in [5.41, 5.74) is 4.83. The van der Waals surface area contributed by atoms with Crippen molar-refractivity contribution in [3.8, 4) is 5.75 Å². The molecular weight excluding hydrogens is 326 g/mol. The van der Waals surface area contributed by atoms with Gasteiger partial charge >= 0.3 is 0 Å². The van der Waals surface area contributed by atoms with Gasteiger partial charge < -0.3 is 10.1 Å². The first-order valence-electron chi connectivity index (χ1n) is 8.57. The minimum atomic E-state index is -0.103. The van der Waals surface area contributed by atoms with Crippen molar-refractivity contribution in [2.24, 2.45) is 0 Å². The van der Waals surface area contributed by atoms with Crippen LogP contribution in [0.2, 0.25) is 0 Å². The Hall–Kier alpha value is -3.08. The zero-order valence-corrected chi connectivity index (χ0v) is 15.3. The summed E-state index contributed by atoms with van der Waals surface area (Å²) < 4.78 is 7.27. The molecule has 5 nitrogen and oxygen atoms in total. The number of benzene rings is 2. The smallest absolute Gasteiger partial charge is 0.251 e. The fraction of sp³-hybridized carbons (Fsp3) is 0.238. The number of nitrogens with zero attached hydrogens (tertiary/aromatic N) is 2. The zero-order chi connectivity index (χ0) is 18.5. The highest BCUT2D eigenvalue weighted by atomic mass is 16.5. The number of aromatic nitrogens is 2. The molecule has 0 spiro atoms. The van der Waals surface area contributed by atoms with Gasteiger partial charge in [0.15, 0.2) is 0 Å². The van der Waals surface area contributed by atoms with Crippen molar-refractivity contribution in [2.75, 3.05) is 7.11 Å². The van der Waals surface area contributed by atoms with Crippen molar-refractivity contribution >= 4 is 5.91 Å². The molecular formula is C21H23N3O2. The quantitative estimate of drug-likeness (QED) is 0.741. The lowest BCUT2D eigenvalue weighted by atomic mass is 10.1. The predicted molar refractivity (Wildman–Crippen MR) is 101 cm³/mol. The molecule has 0 atom stereocenters. The number of ether oxygens (including phenoxy) is 1. The molecule has 0 unspecified atom stereocenters. The predicted octanol–water partition coefficient (Wildman–Crippen LogP) is 3.49. The minimum absolute atomic E-state index is 0.103. The molecule has 134 valence electrons. The van der Waals surface area contributed by atoms with Crippen LogP contribution in [0.3, 0.4) is 0 Å². The van der Waals surface area contributed by atoms with Gasteiger partial charge in [-0.2, -0.15) is 5.10 Å². The van der Waals surface area contributed by atoms with Crippen molar-refractivity contribution in [1.82, 2.24) is 15.1 Å². The summed E-state index contributed by atoms with van der Waals surface area (Å²) in [4.78, 5) is 12.4. The van der Waals surface area contributed by atoms with E-state index in [1.165, 1.54) is 0 Å². The number of para-hydroxylation sites is 1. The van der Waals surface area contributed by atoms with Crippen molar-refractivity contribution in [1.29, 1.82) is 0 Å². The summed E-state index contributed by atoms with van der Waals surface area (Å²) in [5, 5.41) is 7.40. The second-order valence-corrected chi connectivity index (χ2v) is 6.28. The van der Waals surface area contributed by atoms with Gasteiger partial charge in [0.05, 0.1) is 19.3 Å². The van der Waals surface area contributed by atoms with Crippen molar-refractivity contribution < 1.29 is 9.53 Å². The summed E-state index contributed by atoms with van der Waals surface area (Å²) in [7, 11) is 1.63. The molecule has 0 saturated carbocycles. The maximum absolute atomic E-state index is 12.4. The third-order valence-corrected chi connectivity index (χ3v) is 4.28. The van der Waals surface area contributed by atoms with Crippen LogP contribution in [0.4, 0.5) is 0 Å². The summed E-state index contributed by atoms with van der Waals surface area (Å²) in [6, 6.07) is 17.3. The van der Waals surface area contributed by atoms with Crippen LogP contribution in [0.1, 0.15) is 32.9 Å². The molecule has 0 aliphatic carbocycles. The largest absolute Gasteiger partial charge is 0.496 e. The van der Waals surface area contributed by atoms with Crippen LogP contribution in [0.15, 0.2) is 54.6 Å². The van der Waals surface area contributed by atoms with Crippen LogP contribution in [0.5, 0.6) is 5.75 Å². The van der Waals surface area contributed by atoms with Crippen LogP contribution in [0, 0.1) is 13.8 Å². The van der Waals surface area contributed by atoms with E-state index in [9.17, 15) is 4.79 Å². The van der Waals surface area contributed by atoms with E-state index in [1.54, 1.807) is 7.11 Å². The Morgan fingerprint density at radius 1 is 1.12 bits per heavy atom.